The van der Waals surface area contributed by atoms with E-state index in [0.717, 1.165) is 0 Å². The maximum atomic E-state index is 11.4. The summed E-state index contributed by atoms with van der Waals surface area (Å²) in [5.74, 6) is -1.31. The Hall–Kier alpha value is -2.15. The summed E-state index contributed by atoms with van der Waals surface area (Å²) in [6.45, 7) is 0.824. The molecule has 1 heterocycles. The molecule has 1 amide bonds. The zero-order chi connectivity index (χ0) is 13.4. The van der Waals surface area contributed by atoms with Gasteiger partial charge in [-0.2, -0.15) is 0 Å². The molecule has 0 aliphatic carbocycles. The number of methoxy groups -OCH3 is 1. The van der Waals surface area contributed by atoms with Crippen LogP contribution < -0.4 is 10.6 Å². The summed E-state index contributed by atoms with van der Waals surface area (Å²) in [6.07, 6.45) is 2.75. The van der Waals surface area contributed by atoms with Crippen LogP contribution >= 0.6 is 0 Å². The minimum absolute atomic E-state index is 0.0182. The number of hydrogen-bond acceptors (Lipinski definition) is 5. The van der Waals surface area contributed by atoms with E-state index in [9.17, 15) is 9.59 Å². The van der Waals surface area contributed by atoms with Crippen molar-refractivity contribution in [2.75, 3.05) is 32.1 Å². The van der Waals surface area contributed by atoms with Gasteiger partial charge in [0.05, 0.1) is 30.6 Å². The zero-order valence-corrected chi connectivity index (χ0v) is 9.97. The number of rotatable bonds is 7. The van der Waals surface area contributed by atoms with Crippen molar-refractivity contribution in [2.24, 2.45) is 0 Å². The van der Waals surface area contributed by atoms with Gasteiger partial charge in [-0.05, 0) is 6.07 Å². The molecule has 0 atom stereocenters. The van der Waals surface area contributed by atoms with Gasteiger partial charge in [-0.25, -0.2) is 4.79 Å². The van der Waals surface area contributed by atoms with Gasteiger partial charge in [-0.15, -0.1) is 0 Å². The van der Waals surface area contributed by atoms with Crippen LogP contribution in [0, 0.1) is 0 Å². The van der Waals surface area contributed by atoms with E-state index in [1.165, 1.54) is 18.5 Å². The second-order valence-corrected chi connectivity index (χ2v) is 3.42. The van der Waals surface area contributed by atoms with Crippen molar-refractivity contribution in [2.45, 2.75) is 0 Å². The molecule has 1 aromatic rings. The monoisotopic (exact) mass is 253 g/mol. The minimum Gasteiger partial charge on any atom is -0.478 e. The third-order valence-corrected chi connectivity index (χ3v) is 2.12. The molecule has 0 bridgehead atoms. The Morgan fingerprint density at radius 2 is 2.28 bits per heavy atom. The Morgan fingerprint density at radius 3 is 2.94 bits per heavy atom. The van der Waals surface area contributed by atoms with Crippen molar-refractivity contribution in [1.29, 1.82) is 0 Å². The van der Waals surface area contributed by atoms with Crippen LogP contribution in [-0.4, -0.2) is 48.8 Å². The van der Waals surface area contributed by atoms with Crippen molar-refractivity contribution in [3.05, 3.63) is 24.0 Å². The second-order valence-electron chi connectivity index (χ2n) is 3.42. The molecule has 7 nitrogen and oxygen atoms in total. The highest BCUT2D eigenvalue weighted by Gasteiger charge is 2.10. The number of carbonyl (C=O) groups is 2. The lowest BCUT2D eigenvalue weighted by molar-refractivity contribution is -0.119. The first kappa shape index (κ1) is 13.9. The van der Waals surface area contributed by atoms with Crippen LogP contribution in [0.25, 0.3) is 0 Å². The molecule has 0 aliphatic rings. The van der Waals surface area contributed by atoms with Gasteiger partial charge in [0, 0.05) is 19.9 Å². The third-order valence-electron chi connectivity index (χ3n) is 2.12. The first-order valence-corrected chi connectivity index (χ1v) is 5.32. The Morgan fingerprint density at radius 1 is 1.50 bits per heavy atom. The first-order valence-electron chi connectivity index (χ1n) is 5.32. The summed E-state index contributed by atoms with van der Waals surface area (Å²) in [7, 11) is 1.54. The van der Waals surface area contributed by atoms with Crippen LogP contribution in [0.4, 0.5) is 5.69 Å². The highest BCUT2D eigenvalue weighted by Crippen LogP contribution is 2.12. The fourth-order valence-corrected chi connectivity index (χ4v) is 1.25. The van der Waals surface area contributed by atoms with Crippen molar-refractivity contribution < 1.29 is 19.4 Å². The predicted molar refractivity (Wildman–Crippen MR) is 64.6 cm³/mol. The summed E-state index contributed by atoms with van der Waals surface area (Å²) in [5.41, 5.74) is 0.390. The molecule has 1 rings (SSSR count). The summed E-state index contributed by atoms with van der Waals surface area (Å²) in [5, 5.41) is 14.3. The van der Waals surface area contributed by atoms with Crippen LogP contribution in [0.2, 0.25) is 0 Å². The van der Waals surface area contributed by atoms with Gasteiger partial charge >= 0.3 is 5.97 Å². The number of nitrogens with one attached hydrogen (secondary N) is 2. The highest BCUT2D eigenvalue weighted by atomic mass is 16.5. The average Bonchev–Trinajstić information content (AvgIpc) is 2.37. The van der Waals surface area contributed by atoms with Crippen molar-refractivity contribution in [1.82, 2.24) is 10.3 Å². The highest BCUT2D eigenvalue weighted by molar-refractivity contribution is 5.94. The third kappa shape index (κ3) is 4.38. The first-order chi connectivity index (χ1) is 8.65. The molecule has 1 aromatic heterocycles. The zero-order valence-electron chi connectivity index (χ0n) is 9.97. The molecular weight excluding hydrogens is 238 g/mol. The van der Waals surface area contributed by atoms with Gasteiger partial charge in [-0.1, -0.05) is 0 Å². The smallest absolute Gasteiger partial charge is 0.337 e. The predicted octanol–water partition coefficient (Wildman–Crippen LogP) is -0.0457. The number of ether oxygens (including phenoxy) is 1. The molecule has 0 spiro atoms. The molecule has 0 saturated heterocycles. The van der Waals surface area contributed by atoms with Gasteiger partial charge in [-0.3, -0.25) is 9.78 Å². The standard InChI is InChI=1S/C11H15N3O4/c1-18-5-4-13-10(15)7-14-9-6-12-3-2-8(9)11(16)17/h2-3,6,14H,4-5,7H2,1H3,(H,13,15)(H,16,17). The summed E-state index contributed by atoms with van der Waals surface area (Å²) < 4.78 is 4.78. The van der Waals surface area contributed by atoms with E-state index in [1.807, 2.05) is 0 Å². The maximum Gasteiger partial charge on any atom is 0.337 e. The lowest BCUT2D eigenvalue weighted by atomic mass is 10.2. The SMILES string of the molecule is COCCNC(=O)CNc1cnccc1C(=O)O. The number of carbonyl (C=O) groups excluding carboxylic acids is 1. The van der Waals surface area contributed by atoms with Gasteiger partial charge in [0.1, 0.15) is 0 Å². The van der Waals surface area contributed by atoms with Gasteiger partial charge < -0.3 is 20.5 Å². The van der Waals surface area contributed by atoms with Crippen molar-refractivity contribution >= 4 is 17.6 Å². The number of nitrogens with zero attached hydrogens (tertiary/aromatic N) is 1. The van der Waals surface area contributed by atoms with Crippen LogP contribution in [-0.2, 0) is 9.53 Å². The van der Waals surface area contributed by atoms with E-state index < -0.39 is 5.97 Å². The van der Waals surface area contributed by atoms with Crippen LogP contribution in [0.15, 0.2) is 18.5 Å². The molecule has 18 heavy (non-hydrogen) atoms. The fourth-order valence-electron chi connectivity index (χ4n) is 1.25. The second kappa shape index (κ2) is 7.23. The molecule has 98 valence electrons. The number of carboxylic acid groups (broad SMARTS) is 1. The number of hydrogen-bond donors (Lipinski definition) is 3. The van der Waals surface area contributed by atoms with Crippen molar-refractivity contribution in [3.63, 3.8) is 0 Å². The molecule has 0 radical (unpaired) electrons. The normalized spacial score (nSPS) is 9.83. The Kier molecular flexibility index (Phi) is 5.59. The molecule has 0 saturated carbocycles. The van der Waals surface area contributed by atoms with E-state index >= 15 is 0 Å². The summed E-state index contributed by atoms with van der Waals surface area (Å²) in [6, 6.07) is 1.37. The van der Waals surface area contributed by atoms with E-state index in [0.29, 0.717) is 18.8 Å². The Labute approximate surface area is 104 Å². The molecule has 0 fully saturated rings. The number of aromatic nitrogens is 1. The lowest BCUT2D eigenvalue weighted by Crippen LogP contribution is -2.32. The average molecular weight is 253 g/mol. The van der Waals surface area contributed by atoms with E-state index in [2.05, 4.69) is 15.6 Å². The van der Waals surface area contributed by atoms with Crippen LogP contribution in [0.3, 0.4) is 0 Å². The van der Waals surface area contributed by atoms with Crippen molar-refractivity contribution in [3.8, 4) is 0 Å². The van der Waals surface area contributed by atoms with Gasteiger partial charge in [0.25, 0.3) is 0 Å². The molecule has 0 unspecified atom stereocenters. The molecule has 0 aliphatic heterocycles. The topological polar surface area (TPSA) is 101 Å². The molecule has 7 heteroatoms. The quantitative estimate of drug-likeness (QED) is 0.589. The van der Waals surface area contributed by atoms with Crippen LogP contribution in [0.1, 0.15) is 10.4 Å². The largest absolute Gasteiger partial charge is 0.478 e. The van der Waals surface area contributed by atoms with E-state index in [4.69, 9.17) is 9.84 Å². The fraction of sp³-hybridized carbons (Fsp3) is 0.364. The van der Waals surface area contributed by atoms with Gasteiger partial charge in [0.2, 0.25) is 5.91 Å². The lowest BCUT2D eigenvalue weighted by Gasteiger charge is -2.09. The molecule has 3 N–H and O–H groups in total. The Bertz CT molecular complexity index is 423. The van der Waals surface area contributed by atoms with E-state index in [-0.39, 0.29) is 18.0 Å². The van der Waals surface area contributed by atoms with Crippen LogP contribution in [0.5, 0.6) is 0 Å². The number of amides is 1. The number of carboxylic acids is 1. The number of anilines is 1. The van der Waals surface area contributed by atoms with E-state index in [1.54, 1.807) is 7.11 Å². The number of pyridine rings is 1. The minimum atomic E-state index is -1.07. The maximum absolute atomic E-state index is 11.4. The number of aromatic carboxylic acids is 1. The molecule has 0 aromatic carbocycles. The summed E-state index contributed by atoms with van der Waals surface area (Å²) >= 11 is 0. The molecular formula is C11H15N3O4. The van der Waals surface area contributed by atoms with Gasteiger partial charge in [0.15, 0.2) is 0 Å². The Balaban J connectivity index is 2.48. The summed E-state index contributed by atoms with van der Waals surface area (Å²) in [4.78, 5) is 26.1.